The van der Waals surface area contributed by atoms with Gasteiger partial charge in [-0.3, -0.25) is 9.59 Å². The van der Waals surface area contributed by atoms with Gasteiger partial charge in [-0.25, -0.2) is 4.90 Å². The van der Waals surface area contributed by atoms with E-state index in [0.29, 0.717) is 34.2 Å². The fraction of sp³-hybridized carbons (Fsp3) is 0.241. The van der Waals surface area contributed by atoms with Gasteiger partial charge in [-0.2, -0.15) is 0 Å². The number of hydrogen-bond acceptors (Lipinski definition) is 4. The molecule has 0 aliphatic carbocycles. The molecule has 1 N–H and O–H groups in total. The van der Waals surface area contributed by atoms with Gasteiger partial charge in [0.05, 0.1) is 24.1 Å². The zero-order valence-electron chi connectivity index (χ0n) is 20.5. The van der Waals surface area contributed by atoms with Gasteiger partial charge in [0.25, 0.3) is 11.8 Å². The minimum Gasteiger partial charge on any atom is -0.495 e. The van der Waals surface area contributed by atoms with E-state index in [-0.39, 0.29) is 17.5 Å². The molecule has 0 saturated heterocycles. The lowest BCUT2D eigenvalue weighted by Crippen LogP contribution is -2.32. The van der Waals surface area contributed by atoms with Crippen molar-refractivity contribution in [1.82, 2.24) is 0 Å². The van der Waals surface area contributed by atoms with Crippen molar-refractivity contribution in [3.63, 3.8) is 0 Å². The Labute approximate surface area is 201 Å². The number of nitrogens with zero attached hydrogens (tertiary/aromatic N) is 1. The zero-order chi connectivity index (χ0) is 24.6. The maximum absolute atomic E-state index is 13.7. The summed E-state index contributed by atoms with van der Waals surface area (Å²) in [6, 6.07) is 19.1. The summed E-state index contributed by atoms with van der Waals surface area (Å²) in [7, 11) is 1.58. The van der Waals surface area contributed by atoms with Gasteiger partial charge in [-0.05, 0) is 78.8 Å². The molecule has 0 aromatic heterocycles. The lowest BCUT2D eigenvalue weighted by atomic mass is 9.99. The molecule has 0 fully saturated rings. The molecular formula is C29H30N2O3. The zero-order valence-corrected chi connectivity index (χ0v) is 20.5. The number of aryl methyl sites for hydroxylation is 3. The van der Waals surface area contributed by atoms with E-state index in [1.807, 2.05) is 81.4 Å². The highest BCUT2D eigenvalue weighted by Crippen LogP contribution is 2.36. The average molecular weight is 455 g/mol. The highest BCUT2D eigenvalue weighted by Gasteiger charge is 2.40. The smallest absolute Gasteiger partial charge is 0.282 e. The summed E-state index contributed by atoms with van der Waals surface area (Å²) >= 11 is 0. The number of hydrogen-bond donors (Lipinski definition) is 1. The van der Waals surface area contributed by atoms with E-state index >= 15 is 0 Å². The number of carbonyl (C=O) groups excluding carboxylic acids is 2. The predicted octanol–water partition coefficient (Wildman–Crippen LogP) is 6.14. The number of nitrogens with one attached hydrogen (secondary N) is 1. The highest BCUT2D eigenvalue weighted by atomic mass is 16.5. The molecule has 34 heavy (non-hydrogen) atoms. The Morgan fingerprint density at radius 1 is 0.824 bits per heavy atom. The Hall–Kier alpha value is -3.86. The first-order valence-electron chi connectivity index (χ1n) is 11.4. The Morgan fingerprint density at radius 3 is 2.15 bits per heavy atom. The molecule has 0 spiro atoms. The number of methoxy groups -OCH3 is 1. The van der Waals surface area contributed by atoms with Crippen molar-refractivity contribution in [3.8, 4) is 5.75 Å². The highest BCUT2D eigenvalue weighted by molar-refractivity contribution is 6.46. The molecule has 174 valence electrons. The standard InChI is InChI=1S/C29H30N2O3/c1-17(2)21-10-12-23(13-11-21)31-28(32)26(22-9-8-19(4)20(5)16-22)27(29(31)33)30-24-15-18(3)7-14-25(24)34-6/h7-17,30H,1-6H3. The largest absolute Gasteiger partial charge is 0.495 e. The van der Waals surface area contributed by atoms with Gasteiger partial charge in [0.1, 0.15) is 11.4 Å². The monoisotopic (exact) mass is 454 g/mol. The summed E-state index contributed by atoms with van der Waals surface area (Å²) in [5.74, 6) is 0.213. The van der Waals surface area contributed by atoms with Gasteiger partial charge in [-0.1, -0.05) is 50.2 Å². The molecule has 3 aromatic carbocycles. The number of amides is 2. The maximum Gasteiger partial charge on any atom is 0.282 e. The second kappa shape index (κ2) is 9.18. The fourth-order valence-corrected chi connectivity index (χ4v) is 4.11. The van der Waals surface area contributed by atoms with E-state index < -0.39 is 0 Å². The summed E-state index contributed by atoms with van der Waals surface area (Å²) in [5.41, 5.74) is 6.81. The summed E-state index contributed by atoms with van der Waals surface area (Å²) in [5, 5.41) is 3.24. The molecule has 5 nitrogen and oxygen atoms in total. The number of benzene rings is 3. The molecule has 0 atom stereocenters. The third-order valence-corrected chi connectivity index (χ3v) is 6.31. The SMILES string of the molecule is COc1ccc(C)cc1NC1=C(c2ccc(C)c(C)c2)C(=O)N(c2ccc(C(C)C)cc2)C1=O. The van der Waals surface area contributed by atoms with E-state index in [9.17, 15) is 9.59 Å². The van der Waals surface area contributed by atoms with Crippen LogP contribution in [0.2, 0.25) is 0 Å². The van der Waals surface area contributed by atoms with Crippen molar-refractivity contribution in [2.45, 2.75) is 40.5 Å². The van der Waals surface area contributed by atoms with Gasteiger partial charge in [-0.15, -0.1) is 0 Å². The Bertz CT molecular complexity index is 1300. The van der Waals surface area contributed by atoms with Crippen LogP contribution in [-0.4, -0.2) is 18.9 Å². The minimum absolute atomic E-state index is 0.241. The van der Waals surface area contributed by atoms with E-state index in [0.717, 1.165) is 22.3 Å². The van der Waals surface area contributed by atoms with Crippen LogP contribution in [0.3, 0.4) is 0 Å². The Balaban J connectivity index is 1.84. The predicted molar refractivity (Wildman–Crippen MR) is 137 cm³/mol. The summed E-state index contributed by atoms with van der Waals surface area (Å²) in [6.07, 6.45) is 0. The van der Waals surface area contributed by atoms with Gasteiger partial charge in [0, 0.05) is 0 Å². The fourth-order valence-electron chi connectivity index (χ4n) is 4.11. The first kappa shape index (κ1) is 23.3. The number of rotatable bonds is 6. The number of imide groups is 1. The molecule has 4 rings (SSSR count). The van der Waals surface area contributed by atoms with Crippen LogP contribution < -0.4 is 15.0 Å². The van der Waals surface area contributed by atoms with Crippen LogP contribution in [0.25, 0.3) is 5.57 Å². The number of carbonyl (C=O) groups is 2. The molecule has 1 heterocycles. The van der Waals surface area contributed by atoms with Gasteiger partial charge in [0.15, 0.2) is 0 Å². The maximum atomic E-state index is 13.7. The molecule has 0 unspecified atom stereocenters. The average Bonchev–Trinajstić information content (AvgIpc) is 3.05. The van der Waals surface area contributed by atoms with Crippen molar-refractivity contribution in [1.29, 1.82) is 0 Å². The summed E-state index contributed by atoms with van der Waals surface area (Å²) in [4.78, 5) is 28.7. The first-order valence-corrected chi connectivity index (χ1v) is 11.4. The van der Waals surface area contributed by atoms with Crippen LogP contribution in [0.5, 0.6) is 5.75 Å². The second-order valence-corrected chi connectivity index (χ2v) is 9.07. The molecule has 1 aliphatic rings. The Morgan fingerprint density at radius 2 is 1.53 bits per heavy atom. The van der Waals surface area contributed by atoms with Crippen molar-refractivity contribution in [2.24, 2.45) is 0 Å². The lowest BCUT2D eigenvalue weighted by molar-refractivity contribution is -0.120. The molecule has 3 aromatic rings. The molecular weight excluding hydrogens is 424 g/mol. The molecule has 2 amide bonds. The second-order valence-electron chi connectivity index (χ2n) is 9.07. The quantitative estimate of drug-likeness (QED) is 0.455. The summed E-state index contributed by atoms with van der Waals surface area (Å²) < 4.78 is 5.50. The van der Waals surface area contributed by atoms with Crippen LogP contribution in [0, 0.1) is 20.8 Å². The topological polar surface area (TPSA) is 58.6 Å². The molecule has 0 radical (unpaired) electrons. The molecule has 0 saturated carbocycles. The van der Waals surface area contributed by atoms with E-state index in [4.69, 9.17) is 4.74 Å². The van der Waals surface area contributed by atoms with Crippen molar-refractivity contribution in [3.05, 3.63) is 94.2 Å². The molecule has 0 bridgehead atoms. The van der Waals surface area contributed by atoms with E-state index in [1.54, 1.807) is 7.11 Å². The normalized spacial score (nSPS) is 13.8. The third-order valence-electron chi connectivity index (χ3n) is 6.31. The van der Waals surface area contributed by atoms with E-state index in [1.165, 1.54) is 4.90 Å². The number of ether oxygens (including phenoxy) is 1. The van der Waals surface area contributed by atoms with Crippen LogP contribution in [0.1, 0.15) is 47.6 Å². The van der Waals surface area contributed by atoms with Crippen molar-refractivity contribution >= 4 is 28.8 Å². The number of anilines is 2. The summed E-state index contributed by atoms with van der Waals surface area (Å²) in [6.45, 7) is 10.2. The van der Waals surface area contributed by atoms with Crippen LogP contribution in [0.15, 0.2) is 66.4 Å². The van der Waals surface area contributed by atoms with Gasteiger partial charge in [0.2, 0.25) is 0 Å². The third kappa shape index (κ3) is 4.21. The van der Waals surface area contributed by atoms with Crippen molar-refractivity contribution in [2.75, 3.05) is 17.3 Å². The molecule has 5 heteroatoms. The lowest BCUT2D eigenvalue weighted by Gasteiger charge is -2.17. The Kier molecular flexibility index (Phi) is 6.29. The van der Waals surface area contributed by atoms with Crippen molar-refractivity contribution < 1.29 is 14.3 Å². The van der Waals surface area contributed by atoms with Crippen LogP contribution in [-0.2, 0) is 9.59 Å². The molecule has 1 aliphatic heterocycles. The first-order chi connectivity index (χ1) is 16.2. The van der Waals surface area contributed by atoms with Gasteiger partial charge < -0.3 is 10.1 Å². The van der Waals surface area contributed by atoms with E-state index in [2.05, 4.69) is 19.2 Å². The van der Waals surface area contributed by atoms with Gasteiger partial charge >= 0.3 is 0 Å². The van der Waals surface area contributed by atoms with Crippen LogP contribution >= 0.6 is 0 Å². The van der Waals surface area contributed by atoms with Crippen LogP contribution in [0.4, 0.5) is 11.4 Å². The minimum atomic E-state index is -0.390.